The first-order valence-electron chi connectivity index (χ1n) is 6.92. The van der Waals surface area contributed by atoms with Gasteiger partial charge in [-0.1, -0.05) is 18.2 Å². The average Bonchev–Trinajstić information content (AvgIpc) is 2.96. The first kappa shape index (κ1) is 14.8. The van der Waals surface area contributed by atoms with Crippen LogP contribution in [0.15, 0.2) is 24.3 Å². The van der Waals surface area contributed by atoms with Crippen LogP contribution in [0.5, 0.6) is 0 Å². The summed E-state index contributed by atoms with van der Waals surface area (Å²) in [6.45, 7) is 1.80. The molecule has 1 aromatic carbocycles. The maximum atomic E-state index is 11.8. The number of ether oxygens (including phenoxy) is 2. The van der Waals surface area contributed by atoms with Gasteiger partial charge in [-0.15, -0.1) is 0 Å². The summed E-state index contributed by atoms with van der Waals surface area (Å²) in [5.41, 5.74) is 2.23. The molecule has 1 N–H and O–H groups in total. The Balaban J connectivity index is 1.78. The van der Waals surface area contributed by atoms with Crippen molar-refractivity contribution in [3.63, 3.8) is 0 Å². The Morgan fingerprint density at radius 3 is 2.70 bits per heavy atom. The molecule has 0 atom stereocenters. The minimum atomic E-state index is -0.213. The summed E-state index contributed by atoms with van der Waals surface area (Å²) >= 11 is 0. The van der Waals surface area contributed by atoms with Crippen LogP contribution in [-0.2, 0) is 20.8 Å². The molecule has 5 nitrogen and oxygen atoms in total. The van der Waals surface area contributed by atoms with E-state index >= 15 is 0 Å². The maximum absolute atomic E-state index is 11.8. The quantitative estimate of drug-likeness (QED) is 0.857. The molecule has 1 aromatic rings. The average molecular weight is 278 g/mol. The van der Waals surface area contributed by atoms with Crippen molar-refractivity contribution >= 4 is 11.6 Å². The number of hydrogen-bond donors (Lipinski definition) is 1. The third-order valence-corrected chi connectivity index (χ3v) is 3.25. The molecule has 0 spiro atoms. The fourth-order valence-corrected chi connectivity index (χ4v) is 2.20. The van der Waals surface area contributed by atoms with Gasteiger partial charge in [-0.2, -0.15) is 0 Å². The molecule has 0 bridgehead atoms. The summed E-state index contributed by atoms with van der Waals surface area (Å²) in [5.74, 6) is 0.0256. The number of benzene rings is 1. The molecule has 1 aliphatic heterocycles. The standard InChI is InChI=1S/C15H22N2O3/c1-17(2)13-6-4-3-5-12(13)11-16-14(18)7-8-15-19-9-10-20-15/h3-6,15H,7-11H2,1-2H3,(H,16,18). The van der Waals surface area contributed by atoms with Crippen LogP contribution in [0, 0.1) is 0 Å². The van der Waals surface area contributed by atoms with Crippen LogP contribution in [0.3, 0.4) is 0 Å². The van der Waals surface area contributed by atoms with E-state index in [2.05, 4.69) is 5.32 Å². The minimum absolute atomic E-state index is 0.0256. The second kappa shape index (κ2) is 7.26. The fraction of sp³-hybridized carbons (Fsp3) is 0.533. The van der Waals surface area contributed by atoms with Gasteiger partial charge in [0.1, 0.15) is 0 Å². The number of nitrogens with zero attached hydrogens (tertiary/aromatic N) is 1. The third kappa shape index (κ3) is 4.21. The second-order valence-corrected chi connectivity index (χ2v) is 5.01. The smallest absolute Gasteiger partial charge is 0.220 e. The topological polar surface area (TPSA) is 50.8 Å². The van der Waals surface area contributed by atoms with Crippen LogP contribution in [0.1, 0.15) is 18.4 Å². The lowest BCUT2D eigenvalue weighted by atomic mass is 10.1. The highest BCUT2D eigenvalue weighted by Crippen LogP contribution is 2.17. The first-order chi connectivity index (χ1) is 9.66. The van der Waals surface area contributed by atoms with E-state index in [0.29, 0.717) is 32.6 Å². The van der Waals surface area contributed by atoms with Crippen molar-refractivity contribution in [3.05, 3.63) is 29.8 Å². The molecule has 5 heteroatoms. The Bertz CT molecular complexity index is 442. The first-order valence-corrected chi connectivity index (χ1v) is 6.92. The zero-order valence-corrected chi connectivity index (χ0v) is 12.1. The number of nitrogens with one attached hydrogen (secondary N) is 1. The third-order valence-electron chi connectivity index (χ3n) is 3.25. The maximum Gasteiger partial charge on any atom is 0.220 e. The Morgan fingerprint density at radius 2 is 2.00 bits per heavy atom. The monoisotopic (exact) mass is 278 g/mol. The molecule has 0 unspecified atom stereocenters. The van der Waals surface area contributed by atoms with Crippen LogP contribution < -0.4 is 10.2 Å². The van der Waals surface area contributed by atoms with Gasteiger partial charge >= 0.3 is 0 Å². The van der Waals surface area contributed by atoms with Crippen molar-refractivity contribution in [1.82, 2.24) is 5.32 Å². The number of carbonyl (C=O) groups excluding carboxylic acids is 1. The van der Waals surface area contributed by atoms with E-state index in [-0.39, 0.29) is 12.2 Å². The Hall–Kier alpha value is -1.59. The number of carbonyl (C=O) groups is 1. The van der Waals surface area contributed by atoms with Gasteiger partial charge in [-0.05, 0) is 11.6 Å². The summed E-state index contributed by atoms with van der Waals surface area (Å²) < 4.78 is 10.6. The van der Waals surface area contributed by atoms with Crippen LogP contribution in [0.2, 0.25) is 0 Å². The van der Waals surface area contributed by atoms with E-state index in [4.69, 9.17) is 9.47 Å². The molecule has 2 rings (SSSR count). The Kier molecular flexibility index (Phi) is 5.38. The van der Waals surface area contributed by atoms with E-state index in [1.54, 1.807) is 0 Å². The van der Waals surface area contributed by atoms with Crippen LogP contribution in [0.25, 0.3) is 0 Å². The van der Waals surface area contributed by atoms with E-state index in [0.717, 1.165) is 11.3 Å². The molecule has 0 radical (unpaired) electrons. The zero-order valence-electron chi connectivity index (χ0n) is 12.1. The Labute approximate surface area is 119 Å². The summed E-state index contributed by atoms with van der Waals surface area (Å²) in [6, 6.07) is 8.05. The molecule has 1 fully saturated rings. The van der Waals surface area contributed by atoms with Crippen molar-refractivity contribution in [3.8, 4) is 0 Å². The van der Waals surface area contributed by atoms with Gasteiger partial charge in [0, 0.05) is 39.2 Å². The second-order valence-electron chi connectivity index (χ2n) is 5.01. The number of para-hydroxylation sites is 1. The van der Waals surface area contributed by atoms with Gasteiger partial charge in [0.25, 0.3) is 0 Å². The van der Waals surface area contributed by atoms with Crippen molar-refractivity contribution in [2.45, 2.75) is 25.7 Å². The SMILES string of the molecule is CN(C)c1ccccc1CNC(=O)CCC1OCCO1. The zero-order chi connectivity index (χ0) is 14.4. The van der Waals surface area contributed by atoms with E-state index in [1.165, 1.54) is 0 Å². The van der Waals surface area contributed by atoms with Crippen molar-refractivity contribution in [2.75, 3.05) is 32.2 Å². The molecular weight excluding hydrogens is 256 g/mol. The van der Waals surface area contributed by atoms with Crippen molar-refractivity contribution in [2.24, 2.45) is 0 Å². The number of amides is 1. The summed E-state index contributed by atoms with van der Waals surface area (Å²) in [6.07, 6.45) is 0.825. The van der Waals surface area contributed by atoms with Gasteiger partial charge in [0.15, 0.2) is 6.29 Å². The Morgan fingerprint density at radius 1 is 1.30 bits per heavy atom. The van der Waals surface area contributed by atoms with E-state index < -0.39 is 0 Å². The van der Waals surface area contributed by atoms with Crippen molar-refractivity contribution < 1.29 is 14.3 Å². The largest absolute Gasteiger partial charge is 0.377 e. The highest BCUT2D eigenvalue weighted by molar-refractivity contribution is 5.76. The van der Waals surface area contributed by atoms with E-state index in [1.807, 2.05) is 43.3 Å². The number of rotatable bonds is 6. The molecule has 0 aromatic heterocycles. The molecule has 1 aliphatic rings. The highest BCUT2D eigenvalue weighted by Gasteiger charge is 2.17. The number of anilines is 1. The van der Waals surface area contributed by atoms with Crippen molar-refractivity contribution in [1.29, 1.82) is 0 Å². The van der Waals surface area contributed by atoms with Gasteiger partial charge in [0.05, 0.1) is 13.2 Å². The van der Waals surface area contributed by atoms with Gasteiger partial charge in [0.2, 0.25) is 5.91 Å². The lowest BCUT2D eigenvalue weighted by Gasteiger charge is -2.17. The molecule has 20 heavy (non-hydrogen) atoms. The predicted octanol–water partition coefficient (Wildman–Crippen LogP) is 1.52. The van der Waals surface area contributed by atoms with Crippen LogP contribution >= 0.6 is 0 Å². The molecule has 1 saturated heterocycles. The lowest BCUT2D eigenvalue weighted by Crippen LogP contribution is -2.25. The normalized spacial score (nSPS) is 15.3. The molecule has 1 heterocycles. The molecule has 110 valence electrons. The predicted molar refractivity (Wildman–Crippen MR) is 77.5 cm³/mol. The molecule has 0 saturated carbocycles. The molecular formula is C15H22N2O3. The minimum Gasteiger partial charge on any atom is -0.377 e. The fourth-order valence-electron chi connectivity index (χ4n) is 2.20. The summed E-state index contributed by atoms with van der Waals surface area (Å²) in [7, 11) is 3.99. The molecule has 1 amide bonds. The van der Waals surface area contributed by atoms with Gasteiger partial charge < -0.3 is 19.7 Å². The lowest BCUT2D eigenvalue weighted by molar-refractivity contribution is -0.123. The van der Waals surface area contributed by atoms with Crippen LogP contribution in [0.4, 0.5) is 5.69 Å². The summed E-state index contributed by atoms with van der Waals surface area (Å²) in [5, 5.41) is 2.94. The van der Waals surface area contributed by atoms with Crippen LogP contribution in [-0.4, -0.2) is 39.5 Å². The van der Waals surface area contributed by atoms with Gasteiger partial charge in [-0.25, -0.2) is 0 Å². The van der Waals surface area contributed by atoms with E-state index in [9.17, 15) is 4.79 Å². The highest BCUT2D eigenvalue weighted by atomic mass is 16.7. The molecule has 0 aliphatic carbocycles. The summed E-state index contributed by atoms with van der Waals surface area (Å²) in [4.78, 5) is 13.9. The van der Waals surface area contributed by atoms with Gasteiger partial charge in [-0.3, -0.25) is 4.79 Å². The number of hydrogen-bond acceptors (Lipinski definition) is 4.